The quantitative estimate of drug-likeness (QED) is 0.761. The van der Waals surface area contributed by atoms with E-state index in [0.717, 1.165) is 21.6 Å². The van der Waals surface area contributed by atoms with Gasteiger partial charge in [-0.15, -0.1) is 0 Å². The lowest BCUT2D eigenvalue weighted by atomic mass is 9.93. The van der Waals surface area contributed by atoms with E-state index in [1.807, 2.05) is 12.1 Å². The fraction of sp³-hybridized carbons (Fsp3) is 0.357. The fourth-order valence-corrected chi connectivity index (χ4v) is 3.94. The number of aromatic amines is 1. The monoisotopic (exact) mass is 245 g/mol. The number of rotatable bonds is 0. The zero-order valence-corrected chi connectivity index (χ0v) is 10.2. The number of benzene rings is 1. The van der Waals surface area contributed by atoms with Crippen LogP contribution in [0.5, 0.6) is 0 Å². The number of fused-ring (bicyclic) bond motifs is 6. The summed E-state index contributed by atoms with van der Waals surface area (Å²) in [5.41, 5.74) is 11.1. The Labute approximate surface area is 105 Å². The number of hydrogen-bond acceptors (Lipinski definition) is 1. The van der Waals surface area contributed by atoms with Crippen LogP contribution in [-0.4, -0.2) is 0 Å². The van der Waals surface area contributed by atoms with Crippen molar-refractivity contribution in [2.45, 2.75) is 31.1 Å². The van der Waals surface area contributed by atoms with Crippen molar-refractivity contribution in [3.05, 3.63) is 34.5 Å². The number of halogens is 1. The van der Waals surface area contributed by atoms with Crippen molar-refractivity contribution in [1.29, 1.82) is 0 Å². The van der Waals surface area contributed by atoms with Gasteiger partial charge in [-0.25, -0.2) is 4.98 Å². The molecule has 1 aromatic heterocycles. The van der Waals surface area contributed by atoms with Gasteiger partial charge in [0, 0.05) is 17.5 Å². The van der Waals surface area contributed by atoms with Crippen LogP contribution in [0.3, 0.4) is 0 Å². The largest absolute Gasteiger partial charge is 0.398 e. The van der Waals surface area contributed by atoms with Gasteiger partial charge in [0.1, 0.15) is 0 Å². The molecule has 86 valence electrons. The van der Waals surface area contributed by atoms with E-state index in [2.05, 4.69) is 11.1 Å². The van der Waals surface area contributed by atoms with Crippen molar-refractivity contribution < 1.29 is 4.98 Å². The minimum atomic E-state index is 0.659. The van der Waals surface area contributed by atoms with Gasteiger partial charge in [0.15, 0.2) is 5.69 Å². The maximum Gasteiger partial charge on any atom is 0.214 e. The summed E-state index contributed by atoms with van der Waals surface area (Å²) in [5.74, 6) is 1.35. The Morgan fingerprint density at radius 3 is 2.94 bits per heavy atom. The van der Waals surface area contributed by atoms with E-state index >= 15 is 0 Å². The van der Waals surface area contributed by atoms with Crippen molar-refractivity contribution in [1.82, 2.24) is 0 Å². The summed E-state index contributed by atoms with van der Waals surface area (Å²) < 4.78 is 0. The number of pyridine rings is 1. The average Bonchev–Trinajstić information content (AvgIpc) is 2.89. The molecule has 1 fully saturated rings. The second-order valence-corrected chi connectivity index (χ2v) is 5.64. The highest BCUT2D eigenvalue weighted by molar-refractivity contribution is 6.36. The molecule has 17 heavy (non-hydrogen) atoms. The van der Waals surface area contributed by atoms with Crippen LogP contribution < -0.4 is 10.7 Å². The molecule has 2 nitrogen and oxygen atoms in total. The van der Waals surface area contributed by atoms with Crippen LogP contribution in [0.1, 0.15) is 42.4 Å². The summed E-state index contributed by atoms with van der Waals surface area (Å²) in [4.78, 5) is 3.56. The minimum Gasteiger partial charge on any atom is -0.398 e. The Balaban J connectivity index is 2.14. The fourth-order valence-electron chi connectivity index (χ4n) is 3.66. The molecule has 2 aromatic rings. The van der Waals surface area contributed by atoms with E-state index < -0.39 is 0 Å². The van der Waals surface area contributed by atoms with E-state index in [0.29, 0.717) is 11.8 Å². The molecule has 3 N–H and O–H groups in total. The highest BCUT2D eigenvalue weighted by Crippen LogP contribution is 2.54. The van der Waals surface area contributed by atoms with Gasteiger partial charge in [0.25, 0.3) is 0 Å². The molecule has 2 bridgehead atoms. The summed E-state index contributed by atoms with van der Waals surface area (Å²) in [6.07, 6.45) is 3.86. The van der Waals surface area contributed by atoms with Crippen molar-refractivity contribution in [3.8, 4) is 0 Å². The molecule has 2 atom stereocenters. The first kappa shape index (κ1) is 9.72. The second-order valence-electron chi connectivity index (χ2n) is 5.24. The lowest BCUT2D eigenvalue weighted by Gasteiger charge is -2.14. The van der Waals surface area contributed by atoms with E-state index in [1.54, 1.807) is 0 Å². The molecule has 3 heteroatoms. The summed E-state index contributed by atoms with van der Waals surface area (Å²) >= 11 is 6.27. The summed E-state index contributed by atoms with van der Waals surface area (Å²) in [5, 5.41) is 1.75. The summed E-state index contributed by atoms with van der Waals surface area (Å²) in [6.45, 7) is 0. The number of H-pyrrole nitrogens is 1. The average molecular weight is 246 g/mol. The zero-order valence-electron chi connectivity index (χ0n) is 9.46. The molecule has 1 saturated carbocycles. The lowest BCUT2D eigenvalue weighted by molar-refractivity contribution is -0.360. The van der Waals surface area contributed by atoms with E-state index in [-0.39, 0.29) is 0 Å². The number of nitrogens with two attached hydrogens (primary N) is 1. The van der Waals surface area contributed by atoms with Gasteiger partial charge in [0.2, 0.25) is 5.52 Å². The van der Waals surface area contributed by atoms with Gasteiger partial charge in [-0.1, -0.05) is 17.7 Å². The number of aromatic nitrogens is 1. The number of anilines is 1. The van der Waals surface area contributed by atoms with Gasteiger partial charge in [0.05, 0.1) is 16.1 Å². The SMILES string of the molecule is Nc1c2c([nH+]c3cccc(Cl)c13)C1CCC2C1. The van der Waals surface area contributed by atoms with E-state index in [4.69, 9.17) is 17.3 Å². The third-order valence-electron chi connectivity index (χ3n) is 4.38. The Bertz CT molecular complexity index is 636. The topological polar surface area (TPSA) is 40.2 Å². The Kier molecular flexibility index (Phi) is 1.79. The molecule has 0 aliphatic heterocycles. The molecule has 2 aliphatic rings. The standard InChI is InChI=1S/C14H13ClN2/c15-9-2-1-3-10-12(9)13(16)11-7-4-5-8(6-7)14(11)17-10/h1-3,7-8H,4-6H2,(H2,16,17)/p+1. The third kappa shape index (κ3) is 1.14. The van der Waals surface area contributed by atoms with Crippen LogP contribution in [-0.2, 0) is 0 Å². The zero-order chi connectivity index (χ0) is 11.6. The van der Waals surface area contributed by atoms with Crippen LogP contribution in [0.2, 0.25) is 5.02 Å². The van der Waals surface area contributed by atoms with Crippen LogP contribution >= 0.6 is 11.6 Å². The molecule has 0 amide bonds. The predicted molar refractivity (Wildman–Crippen MR) is 69.3 cm³/mol. The smallest absolute Gasteiger partial charge is 0.214 e. The lowest BCUT2D eigenvalue weighted by Crippen LogP contribution is -2.19. The number of nitrogen functional groups attached to an aromatic ring is 1. The van der Waals surface area contributed by atoms with Crippen LogP contribution in [0, 0.1) is 0 Å². The number of nitrogens with one attached hydrogen (secondary N) is 1. The molecule has 0 radical (unpaired) electrons. The Morgan fingerprint density at radius 2 is 2.06 bits per heavy atom. The summed E-state index contributed by atoms with van der Waals surface area (Å²) in [6, 6.07) is 5.94. The van der Waals surface area contributed by atoms with Gasteiger partial charge in [-0.2, -0.15) is 0 Å². The molecular weight excluding hydrogens is 232 g/mol. The van der Waals surface area contributed by atoms with Crippen LogP contribution in [0.15, 0.2) is 18.2 Å². The molecular formula is C14H14ClN2+. The molecule has 2 aliphatic carbocycles. The highest BCUT2D eigenvalue weighted by atomic mass is 35.5. The third-order valence-corrected chi connectivity index (χ3v) is 4.70. The first-order valence-corrected chi connectivity index (χ1v) is 6.56. The minimum absolute atomic E-state index is 0.659. The van der Waals surface area contributed by atoms with Gasteiger partial charge < -0.3 is 5.73 Å². The van der Waals surface area contributed by atoms with Crippen LogP contribution in [0.4, 0.5) is 5.69 Å². The second kappa shape index (κ2) is 3.14. The maximum atomic E-state index is 6.35. The van der Waals surface area contributed by atoms with Crippen molar-refractivity contribution in [3.63, 3.8) is 0 Å². The van der Waals surface area contributed by atoms with Gasteiger partial charge in [-0.05, 0) is 31.2 Å². The maximum absolute atomic E-state index is 6.35. The molecule has 1 heterocycles. The molecule has 4 rings (SSSR count). The Morgan fingerprint density at radius 1 is 1.24 bits per heavy atom. The van der Waals surface area contributed by atoms with Crippen molar-refractivity contribution in [2.24, 2.45) is 0 Å². The Hall–Kier alpha value is -1.28. The molecule has 0 saturated heterocycles. The predicted octanol–water partition coefficient (Wildman–Crippen LogP) is 3.25. The van der Waals surface area contributed by atoms with E-state index in [1.165, 1.54) is 30.5 Å². The van der Waals surface area contributed by atoms with Gasteiger partial charge in [-0.3, -0.25) is 0 Å². The first-order valence-electron chi connectivity index (χ1n) is 6.18. The van der Waals surface area contributed by atoms with Crippen LogP contribution in [0.25, 0.3) is 10.9 Å². The molecule has 2 unspecified atom stereocenters. The van der Waals surface area contributed by atoms with Crippen molar-refractivity contribution in [2.75, 3.05) is 5.73 Å². The van der Waals surface area contributed by atoms with E-state index in [9.17, 15) is 0 Å². The highest BCUT2D eigenvalue weighted by Gasteiger charge is 2.44. The normalized spacial score (nSPS) is 25.5. The summed E-state index contributed by atoms with van der Waals surface area (Å²) in [7, 11) is 0. The first-order chi connectivity index (χ1) is 8.25. The molecule has 0 spiro atoms. The van der Waals surface area contributed by atoms with Crippen molar-refractivity contribution >= 4 is 28.2 Å². The number of hydrogen-bond donors (Lipinski definition) is 1. The molecule has 1 aromatic carbocycles. The van der Waals surface area contributed by atoms with Gasteiger partial charge >= 0.3 is 0 Å².